The van der Waals surface area contributed by atoms with Gasteiger partial charge in [-0.1, -0.05) is 146 Å². The van der Waals surface area contributed by atoms with E-state index in [1.807, 2.05) is 0 Å². The Labute approximate surface area is 290 Å². The summed E-state index contributed by atoms with van der Waals surface area (Å²) < 4.78 is 4.89. The predicted molar refractivity (Wildman–Crippen MR) is 211 cm³/mol. The molecule has 0 radical (unpaired) electrons. The van der Waals surface area contributed by atoms with E-state index in [0.717, 1.165) is 11.4 Å². The van der Waals surface area contributed by atoms with Crippen molar-refractivity contribution in [2.75, 3.05) is 0 Å². The number of rotatable bonds is 5. The van der Waals surface area contributed by atoms with Gasteiger partial charge in [-0.25, -0.2) is 0 Å². The summed E-state index contributed by atoms with van der Waals surface area (Å²) in [6.45, 7) is 0. The predicted octanol–water partition coefficient (Wildman–Crippen LogP) is 12.9. The Bertz CT molecular complexity index is 2820. The molecule has 0 fully saturated rings. The van der Waals surface area contributed by atoms with E-state index in [1.165, 1.54) is 77.0 Å². The Balaban J connectivity index is 1.25. The first-order chi connectivity index (χ1) is 24.8. The molecule has 2 heteroatoms. The highest BCUT2D eigenvalue weighted by Gasteiger charge is 2.19. The quantitative estimate of drug-likeness (QED) is 0.178. The van der Waals surface area contributed by atoms with Crippen LogP contribution in [0.2, 0.25) is 0 Å². The zero-order valence-corrected chi connectivity index (χ0v) is 27.4. The van der Waals surface area contributed by atoms with Crippen LogP contribution in [0, 0.1) is 0 Å². The van der Waals surface area contributed by atoms with Gasteiger partial charge in [-0.3, -0.25) is 0 Å². The maximum absolute atomic E-state index is 2.46. The molecule has 0 aliphatic heterocycles. The molecule has 0 spiro atoms. The van der Waals surface area contributed by atoms with Gasteiger partial charge in [0, 0.05) is 32.9 Å². The molecule has 0 atom stereocenters. The molecule has 8 aromatic carbocycles. The minimum Gasteiger partial charge on any atom is -0.309 e. The number of hydrogen-bond acceptors (Lipinski definition) is 0. The van der Waals surface area contributed by atoms with Crippen LogP contribution in [0.3, 0.4) is 0 Å². The Morgan fingerprint density at radius 2 is 0.660 bits per heavy atom. The van der Waals surface area contributed by atoms with Crippen LogP contribution in [0.5, 0.6) is 0 Å². The highest BCUT2D eigenvalue weighted by atomic mass is 15.0. The third-order valence-corrected chi connectivity index (χ3v) is 10.1. The Hall–Kier alpha value is -6.64. The first-order valence-corrected chi connectivity index (χ1v) is 17.2. The molecule has 0 saturated heterocycles. The van der Waals surface area contributed by atoms with Gasteiger partial charge in [0.25, 0.3) is 0 Å². The second-order valence-corrected chi connectivity index (χ2v) is 13.0. The molecule has 0 aliphatic rings. The van der Waals surface area contributed by atoms with Crippen LogP contribution in [0.1, 0.15) is 0 Å². The molecule has 10 aromatic rings. The van der Waals surface area contributed by atoms with Gasteiger partial charge in [0.05, 0.1) is 22.1 Å². The van der Waals surface area contributed by atoms with Gasteiger partial charge in [0.1, 0.15) is 0 Å². The first kappa shape index (κ1) is 28.4. The molecule has 10 rings (SSSR count). The summed E-state index contributed by atoms with van der Waals surface area (Å²) in [5.74, 6) is 0. The standard InChI is InChI=1S/C48H32N2/c1-4-13-33(14-5-1)36-23-26-39(27-24-36)49-45-22-11-10-21-41(45)43-31-48-44(32-47(43)49)42-28-25-38(35-17-8-3-9-18-35)30-46(42)50(48)40-20-12-19-37(29-40)34-15-6-2-7-16-34/h1-32H. The fraction of sp³-hybridized carbons (Fsp3) is 0. The van der Waals surface area contributed by atoms with E-state index in [1.54, 1.807) is 0 Å². The molecular weight excluding hydrogens is 605 g/mol. The second kappa shape index (κ2) is 11.5. The largest absolute Gasteiger partial charge is 0.309 e. The maximum Gasteiger partial charge on any atom is 0.0548 e. The molecule has 0 saturated carbocycles. The summed E-state index contributed by atoms with van der Waals surface area (Å²) in [4.78, 5) is 0. The Morgan fingerprint density at radius 1 is 0.220 bits per heavy atom. The van der Waals surface area contributed by atoms with Gasteiger partial charge in [-0.05, 0) is 81.9 Å². The Kier molecular flexibility index (Phi) is 6.53. The lowest BCUT2D eigenvalue weighted by Gasteiger charge is -2.12. The van der Waals surface area contributed by atoms with Gasteiger partial charge >= 0.3 is 0 Å². The molecule has 50 heavy (non-hydrogen) atoms. The van der Waals surface area contributed by atoms with Crippen molar-refractivity contribution in [3.8, 4) is 44.8 Å². The zero-order chi connectivity index (χ0) is 33.0. The average molecular weight is 637 g/mol. The smallest absolute Gasteiger partial charge is 0.0548 e. The van der Waals surface area contributed by atoms with Crippen molar-refractivity contribution in [3.05, 3.63) is 194 Å². The van der Waals surface area contributed by atoms with Crippen LogP contribution in [-0.2, 0) is 0 Å². The molecule has 0 amide bonds. The van der Waals surface area contributed by atoms with Crippen molar-refractivity contribution in [2.24, 2.45) is 0 Å². The van der Waals surface area contributed by atoms with Crippen LogP contribution < -0.4 is 0 Å². The maximum atomic E-state index is 2.46. The average Bonchev–Trinajstić information content (AvgIpc) is 3.69. The number of aromatic nitrogens is 2. The lowest BCUT2D eigenvalue weighted by atomic mass is 10.0. The minimum absolute atomic E-state index is 1.15. The van der Waals surface area contributed by atoms with Crippen LogP contribution in [-0.4, -0.2) is 9.13 Å². The lowest BCUT2D eigenvalue weighted by molar-refractivity contribution is 1.17. The summed E-state index contributed by atoms with van der Waals surface area (Å²) in [5.41, 5.74) is 14.4. The fourth-order valence-electron chi connectivity index (χ4n) is 7.73. The third kappa shape index (κ3) is 4.57. The number of benzene rings is 8. The lowest BCUT2D eigenvalue weighted by Crippen LogP contribution is -1.95. The summed E-state index contributed by atoms with van der Waals surface area (Å²) in [5, 5.41) is 4.97. The van der Waals surface area contributed by atoms with E-state index in [4.69, 9.17) is 0 Å². The summed E-state index contributed by atoms with van der Waals surface area (Å²) in [6, 6.07) is 70.4. The van der Waals surface area contributed by atoms with Crippen LogP contribution in [0.4, 0.5) is 0 Å². The molecule has 2 heterocycles. The van der Waals surface area contributed by atoms with E-state index >= 15 is 0 Å². The van der Waals surface area contributed by atoms with Crippen molar-refractivity contribution in [1.82, 2.24) is 9.13 Å². The van der Waals surface area contributed by atoms with E-state index in [-0.39, 0.29) is 0 Å². The van der Waals surface area contributed by atoms with Crippen LogP contribution in [0.15, 0.2) is 194 Å². The number of fused-ring (bicyclic) bond motifs is 6. The van der Waals surface area contributed by atoms with Gasteiger partial charge in [-0.2, -0.15) is 0 Å². The molecule has 0 unspecified atom stereocenters. The van der Waals surface area contributed by atoms with Crippen LogP contribution >= 0.6 is 0 Å². The fourth-order valence-corrected chi connectivity index (χ4v) is 7.73. The van der Waals surface area contributed by atoms with Gasteiger partial charge in [0.2, 0.25) is 0 Å². The highest BCUT2D eigenvalue weighted by Crippen LogP contribution is 2.41. The first-order valence-electron chi connectivity index (χ1n) is 17.2. The van der Waals surface area contributed by atoms with Crippen molar-refractivity contribution in [2.45, 2.75) is 0 Å². The van der Waals surface area contributed by atoms with Crippen molar-refractivity contribution in [1.29, 1.82) is 0 Å². The topological polar surface area (TPSA) is 9.86 Å². The van der Waals surface area contributed by atoms with Crippen LogP contribution in [0.25, 0.3) is 88.4 Å². The molecular formula is C48H32N2. The molecule has 0 aliphatic carbocycles. The summed E-state index contributed by atoms with van der Waals surface area (Å²) >= 11 is 0. The third-order valence-electron chi connectivity index (χ3n) is 10.1. The highest BCUT2D eigenvalue weighted by molar-refractivity contribution is 6.19. The van der Waals surface area contributed by atoms with Crippen molar-refractivity contribution < 1.29 is 0 Å². The zero-order valence-electron chi connectivity index (χ0n) is 27.4. The van der Waals surface area contributed by atoms with E-state index in [2.05, 4.69) is 203 Å². The summed E-state index contributed by atoms with van der Waals surface area (Å²) in [6.07, 6.45) is 0. The SMILES string of the molecule is c1ccc(-c2ccc(-n3c4ccccc4c4cc5c(cc43)c3ccc(-c4ccccc4)cc3n5-c3cccc(-c4ccccc4)c3)cc2)cc1. The Morgan fingerprint density at radius 3 is 1.30 bits per heavy atom. The molecule has 0 N–H and O–H groups in total. The van der Waals surface area contributed by atoms with Crippen molar-refractivity contribution in [3.63, 3.8) is 0 Å². The number of nitrogens with zero attached hydrogens (tertiary/aromatic N) is 2. The molecule has 234 valence electrons. The van der Waals surface area contributed by atoms with E-state index in [9.17, 15) is 0 Å². The van der Waals surface area contributed by atoms with Crippen molar-refractivity contribution >= 4 is 43.6 Å². The van der Waals surface area contributed by atoms with Gasteiger partial charge < -0.3 is 9.13 Å². The number of hydrogen-bond donors (Lipinski definition) is 0. The normalized spacial score (nSPS) is 11.6. The molecule has 2 aromatic heterocycles. The van der Waals surface area contributed by atoms with Gasteiger partial charge in [0.15, 0.2) is 0 Å². The van der Waals surface area contributed by atoms with E-state index < -0.39 is 0 Å². The summed E-state index contributed by atoms with van der Waals surface area (Å²) in [7, 11) is 0. The van der Waals surface area contributed by atoms with Gasteiger partial charge in [-0.15, -0.1) is 0 Å². The second-order valence-electron chi connectivity index (χ2n) is 13.0. The van der Waals surface area contributed by atoms with E-state index in [0.29, 0.717) is 0 Å². The molecule has 0 bridgehead atoms. The number of para-hydroxylation sites is 1. The monoisotopic (exact) mass is 636 g/mol. The minimum atomic E-state index is 1.15. The molecule has 2 nitrogen and oxygen atoms in total.